The Labute approximate surface area is 146 Å². The summed E-state index contributed by atoms with van der Waals surface area (Å²) in [6.45, 7) is 6.54. The number of rotatable bonds is 18. The standard InChI is InChI=1S/C21H43O2/c1-4-6-7-8-9-10-11-12-13-14-15-16-18-21(17-5-2)23-19-20(3)22/h20-21H,4-19H2,1-3H3. The predicted octanol–water partition coefficient (Wildman–Crippen LogP) is 7.08. The van der Waals surface area contributed by atoms with E-state index in [4.69, 9.17) is 4.74 Å². The van der Waals surface area contributed by atoms with Gasteiger partial charge in [-0.15, -0.1) is 0 Å². The highest BCUT2D eigenvalue weighted by Gasteiger charge is 2.09. The Hall–Kier alpha value is -0.0800. The van der Waals surface area contributed by atoms with E-state index in [0.29, 0.717) is 12.7 Å². The van der Waals surface area contributed by atoms with Crippen LogP contribution in [0.1, 0.15) is 117 Å². The molecule has 0 aliphatic carbocycles. The topological polar surface area (TPSA) is 29.1 Å². The van der Waals surface area contributed by atoms with Gasteiger partial charge in [-0.1, -0.05) is 97.3 Å². The molecule has 0 saturated carbocycles. The molecule has 139 valence electrons. The number of unbranched alkanes of at least 4 members (excludes halogenated alkanes) is 11. The highest BCUT2D eigenvalue weighted by atomic mass is 16.5. The van der Waals surface area contributed by atoms with Gasteiger partial charge in [-0.2, -0.15) is 0 Å². The van der Waals surface area contributed by atoms with E-state index in [2.05, 4.69) is 13.8 Å². The molecule has 0 saturated heterocycles. The minimum atomic E-state index is -0.587. The Bertz CT molecular complexity index is 216. The van der Waals surface area contributed by atoms with Crippen molar-refractivity contribution in [3.05, 3.63) is 0 Å². The molecule has 2 nitrogen and oxygen atoms in total. The normalized spacial score (nSPS) is 14.1. The van der Waals surface area contributed by atoms with Gasteiger partial charge in [0.15, 0.2) is 0 Å². The Kier molecular flexibility index (Phi) is 18.2. The summed E-state index contributed by atoms with van der Waals surface area (Å²) < 4.78 is 5.73. The van der Waals surface area contributed by atoms with Gasteiger partial charge < -0.3 is 4.74 Å². The largest absolute Gasteiger partial charge is 0.375 e. The molecule has 0 spiro atoms. The fourth-order valence-electron chi connectivity index (χ4n) is 3.12. The molecule has 0 N–H and O–H groups in total. The van der Waals surface area contributed by atoms with E-state index < -0.39 is 6.10 Å². The van der Waals surface area contributed by atoms with Crippen molar-refractivity contribution in [3.63, 3.8) is 0 Å². The number of hydrogen-bond donors (Lipinski definition) is 0. The van der Waals surface area contributed by atoms with E-state index in [9.17, 15) is 5.11 Å². The Morgan fingerprint density at radius 1 is 0.652 bits per heavy atom. The van der Waals surface area contributed by atoms with E-state index in [-0.39, 0.29) is 0 Å². The van der Waals surface area contributed by atoms with Crippen LogP contribution in [0.5, 0.6) is 0 Å². The maximum atomic E-state index is 11.1. The molecular weight excluding hydrogens is 284 g/mol. The van der Waals surface area contributed by atoms with Crippen LogP contribution >= 0.6 is 0 Å². The molecule has 0 rings (SSSR count). The molecule has 0 aromatic rings. The average Bonchev–Trinajstić information content (AvgIpc) is 2.53. The second-order valence-corrected chi connectivity index (χ2v) is 7.23. The molecular formula is C21H43O2. The fraction of sp³-hybridized carbons (Fsp3) is 1.00. The Morgan fingerprint density at radius 3 is 1.57 bits per heavy atom. The minimum absolute atomic E-state index is 0.319. The SMILES string of the molecule is CCCCCCCCCCCCCCC(CCC)OCC(C)[O]. The molecule has 0 aliphatic rings. The van der Waals surface area contributed by atoms with Crippen LogP contribution in [0.25, 0.3) is 0 Å². The van der Waals surface area contributed by atoms with Crippen LogP contribution in [-0.2, 0) is 9.84 Å². The first-order valence-corrected chi connectivity index (χ1v) is 10.5. The van der Waals surface area contributed by atoms with Crippen molar-refractivity contribution in [2.45, 2.75) is 129 Å². The van der Waals surface area contributed by atoms with Crippen molar-refractivity contribution in [2.24, 2.45) is 0 Å². The summed E-state index contributed by atoms with van der Waals surface area (Å²) in [5.74, 6) is 0. The van der Waals surface area contributed by atoms with Gasteiger partial charge in [-0.05, 0) is 19.8 Å². The summed E-state index contributed by atoms with van der Waals surface area (Å²) in [6, 6.07) is 0. The molecule has 0 aliphatic heterocycles. The summed E-state index contributed by atoms with van der Waals surface area (Å²) in [5.41, 5.74) is 0. The molecule has 2 heteroatoms. The molecule has 0 bridgehead atoms. The molecule has 0 aromatic heterocycles. The maximum Gasteiger partial charge on any atom is 0.113 e. The minimum Gasteiger partial charge on any atom is -0.375 e. The maximum absolute atomic E-state index is 11.1. The van der Waals surface area contributed by atoms with Gasteiger partial charge in [0.25, 0.3) is 0 Å². The molecule has 1 radical (unpaired) electrons. The van der Waals surface area contributed by atoms with Crippen molar-refractivity contribution >= 4 is 0 Å². The van der Waals surface area contributed by atoms with Crippen molar-refractivity contribution in [3.8, 4) is 0 Å². The van der Waals surface area contributed by atoms with E-state index in [1.165, 1.54) is 77.0 Å². The predicted molar refractivity (Wildman–Crippen MR) is 100 cm³/mol. The molecule has 0 fully saturated rings. The number of hydrogen-bond acceptors (Lipinski definition) is 1. The van der Waals surface area contributed by atoms with Crippen LogP contribution in [0.3, 0.4) is 0 Å². The molecule has 0 aromatic carbocycles. The van der Waals surface area contributed by atoms with Gasteiger partial charge in [-0.25, -0.2) is 5.11 Å². The third-order valence-electron chi connectivity index (χ3n) is 4.56. The average molecular weight is 328 g/mol. The van der Waals surface area contributed by atoms with Gasteiger partial charge >= 0.3 is 0 Å². The Morgan fingerprint density at radius 2 is 1.13 bits per heavy atom. The summed E-state index contributed by atoms with van der Waals surface area (Å²) in [6.07, 6.45) is 19.8. The Balaban J connectivity index is 3.32. The van der Waals surface area contributed by atoms with Crippen molar-refractivity contribution in [1.29, 1.82) is 0 Å². The lowest BCUT2D eigenvalue weighted by molar-refractivity contribution is -0.0345. The van der Waals surface area contributed by atoms with E-state index in [0.717, 1.165) is 19.3 Å². The van der Waals surface area contributed by atoms with Crippen LogP contribution < -0.4 is 0 Å². The zero-order chi connectivity index (χ0) is 17.2. The second-order valence-electron chi connectivity index (χ2n) is 7.23. The van der Waals surface area contributed by atoms with E-state index in [1.54, 1.807) is 6.92 Å². The molecule has 2 unspecified atom stereocenters. The van der Waals surface area contributed by atoms with Crippen LogP contribution in [0, 0.1) is 0 Å². The van der Waals surface area contributed by atoms with Crippen molar-refractivity contribution in [1.82, 2.24) is 0 Å². The van der Waals surface area contributed by atoms with E-state index in [1.807, 2.05) is 0 Å². The first kappa shape index (κ1) is 22.9. The molecule has 0 amide bonds. The van der Waals surface area contributed by atoms with Crippen LogP contribution in [0.15, 0.2) is 0 Å². The lowest BCUT2D eigenvalue weighted by Gasteiger charge is -2.17. The molecule has 23 heavy (non-hydrogen) atoms. The first-order valence-electron chi connectivity index (χ1n) is 10.5. The van der Waals surface area contributed by atoms with E-state index >= 15 is 0 Å². The van der Waals surface area contributed by atoms with Gasteiger partial charge in [0.2, 0.25) is 0 Å². The fourth-order valence-corrected chi connectivity index (χ4v) is 3.12. The smallest absolute Gasteiger partial charge is 0.113 e. The highest BCUT2D eigenvalue weighted by Crippen LogP contribution is 2.15. The lowest BCUT2D eigenvalue weighted by atomic mass is 10.0. The first-order chi connectivity index (χ1) is 11.2. The van der Waals surface area contributed by atoms with Gasteiger partial charge in [0.1, 0.15) is 6.10 Å². The summed E-state index contributed by atoms with van der Waals surface area (Å²) >= 11 is 0. The zero-order valence-corrected chi connectivity index (χ0v) is 16.3. The monoisotopic (exact) mass is 327 g/mol. The van der Waals surface area contributed by atoms with Crippen molar-refractivity contribution in [2.75, 3.05) is 6.61 Å². The summed E-state index contributed by atoms with van der Waals surface area (Å²) in [5, 5.41) is 11.1. The van der Waals surface area contributed by atoms with Gasteiger partial charge in [0, 0.05) is 0 Å². The third kappa shape index (κ3) is 18.1. The van der Waals surface area contributed by atoms with Crippen molar-refractivity contribution < 1.29 is 9.84 Å². The second kappa shape index (κ2) is 18.3. The molecule has 2 atom stereocenters. The summed E-state index contributed by atoms with van der Waals surface area (Å²) in [7, 11) is 0. The van der Waals surface area contributed by atoms with Crippen LogP contribution in [-0.4, -0.2) is 18.8 Å². The third-order valence-corrected chi connectivity index (χ3v) is 4.56. The summed E-state index contributed by atoms with van der Waals surface area (Å²) in [4.78, 5) is 0. The highest BCUT2D eigenvalue weighted by molar-refractivity contribution is 4.59. The molecule has 0 heterocycles. The lowest BCUT2D eigenvalue weighted by Crippen LogP contribution is -2.19. The van der Waals surface area contributed by atoms with Gasteiger partial charge in [0.05, 0.1) is 12.7 Å². The zero-order valence-electron chi connectivity index (χ0n) is 16.3. The quantitative estimate of drug-likeness (QED) is 0.247. The van der Waals surface area contributed by atoms with Crippen LogP contribution in [0.2, 0.25) is 0 Å². The van der Waals surface area contributed by atoms with Gasteiger partial charge in [-0.3, -0.25) is 0 Å². The number of ether oxygens (including phenoxy) is 1. The van der Waals surface area contributed by atoms with Crippen LogP contribution in [0.4, 0.5) is 0 Å².